The van der Waals surface area contributed by atoms with Crippen molar-refractivity contribution < 1.29 is 14.3 Å². The van der Waals surface area contributed by atoms with Crippen molar-refractivity contribution in [2.75, 3.05) is 43.1 Å². The van der Waals surface area contributed by atoms with Crippen molar-refractivity contribution in [2.24, 2.45) is 0 Å². The Kier molecular flexibility index (Phi) is 5.33. The Balaban J connectivity index is 1.78. The molecule has 0 aliphatic carbocycles. The van der Waals surface area contributed by atoms with Gasteiger partial charge in [-0.1, -0.05) is 18.2 Å². The summed E-state index contributed by atoms with van der Waals surface area (Å²) in [6.07, 6.45) is 0. The first-order chi connectivity index (χ1) is 11.8. The van der Waals surface area contributed by atoms with Crippen LogP contribution in [-0.4, -0.2) is 38.8 Å². The molecule has 1 aliphatic heterocycles. The minimum atomic E-state index is -0.141. The molecule has 5 nitrogen and oxygen atoms in total. The van der Waals surface area contributed by atoms with Crippen molar-refractivity contribution in [3.05, 3.63) is 54.1 Å². The highest BCUT2D eigenvalue weighted by molar-refractivity contribution is 6.06. The monoisotopic (exact) mass is 326 g/mol. The summed E-state index contributed by atoms with van der Waals surface area (Å²) in [5.41, 5.74) is 2.42. The number of nitrogens with one attached hydrogen (secondary N) is 1. The van der Waals surface area contributed by atoms with Gasteiger partial charge >= 0.3 is 0 Å². The number of anilines is 2. The van der Waals surface area contributed by atoms with E-state index in [9.17, 15) is 4.79 Å². The standard InChI is InChI=1S/C19H22N2O3/c1-2-24-16-7-5-6-15(14-16)19(22)20-17-8-3-4-9-18(17)21-10-12-23-13-11-21/h3-9,14H,2,10-13H2,1H3,(H,20,22). The predicted molar refractivity (Wildman–Crippen MR) is 95.0 cm³/mol. The second kappa shape index (κ2) is 7.84. The summed E-state index contributed by atoms with van der Waals surface area (Å²) in [6, 6.07) is 15.1. The molecule has 0 saturated carbocycles. The molecule has 1 heterocycles. The predicted octanol–water partition coefficient (Wildman–Crippen LogP) is 3.17. The number of hydrogen-bond donors (Lipinski definition) is 1. The molecule has 0 aromatic heterocycles. The molecular formula is C19H22N2O3. The van der Waals surface area contributed by atoms with Gasteiger partial charge in [-0.05, 0) is 37.3 Å². The van der Waals surface area contributed by atoms with Crippen LogP contribution in [0, 0.1) is 0 Å². The summed E-state index contributed by atoms with van der Waals surface area (Å²) >= 11 is 0. The molecule has 1 saturated heterocycles. The Morgan fingerprint density at radius 2 is 1.96 bits per heavy atom. The number of amides is 1. The van der Waals surface area contributed by atoms with Crippen LogP contribution in [0.5, 0.6) is 5.75 Å². The van der Waals surface area contributed by atoms with Crippen LogP contribution in [0.3, 0.4) is 0 Å². The molecule has 0 bridgehead atoms. The van der Waals surface area contributed by atoms with Crippen LogP contribution in [0.4, 0.5) is 11.4 Å². The van der Waals surface area contributed by atoms with Gasteiger partial charge < -0.3 is 19.7 Å². The van der Waals surface area contributed by atoms with Gasteiger partial charge in [-0.25, -0.2) is 0 Å². The van der Waals surface area contributed by atoms with Gasteiger partial charge in [0.05, 0.1) is 31.2 Å². The second-order valence-corrected chi connectivity index (χ2v) is 5.53. The average molecular weight is 326 g/mol. The molecule has 0 unspecified atom stereocenters. The van der Waals surface area contributed by atoms with Crippen molar-refractivity contribution in [2.45, 2.75) is 6.92 Å². The summed E-state index contributed by atoms with van der Waals surface area (Å²) in [5, 5.41) is 3.02. The zero-order chi connectivity index (χ0) is 16.8. The number of nitrogens with zero attached hydrogens (tertiary/aromatic N) is 1. The Hall–Kier alpha value is -2.53. The van der Waals surface area contributed by atoms with Crippen LogP contribution in [0.1, 0.15) is 17.3 Å². The van der Waals surface area contributed by atoms with Gasteiger partial charge in [-0.2, -0.15) is 0 Å². The SMILES string of the molecule is CCOc1cccc(C(=O)Nc2ccccc2N2CCOCC2)c1. The lowest BCUT2D eigenvalue weighted by Crippen LogP contribution is -2.36. The van der Waals surface area contributed by atoms with Crippen molar-refractivity contribution in [3.8, 4) is 5.75 Å². The molecule has 0 radical (unpaired) electrons. The number of hydrogen-bond acceptors (Lipinski definition) is 4. The number of ether oxygens (including phenoxy) is 2. The first kappa shape index (κ1) is 16.3. The Bertz CT molecular complexity index is 697. The van der Waals surface area contributed by atoms with E-state index in [1.54, 1.807) is 12.1 Å². The number of carbonyl (C=O) groups excluding carboxylic acids is 1. The van der Waals surface area contributed by atoms with E-state index >= 15 is 0 Å². The summed E-state index contributed by atoms with van der Waals surface area (Å²) < 4.78 is 10.9. The maximum absolute atomic E-state index is 12.6. The molecule has 0 spiro atoms. The maximum atomic E-state index is 12.6. The van der Waals surface area contributed by atoms with Gasteiger partial charge in [0.25, 0.3) is 5.91 Å². The summed E-state index contributed by atoms with van der Waals surface area (Å²) in [7, 11) is 0. The van der Waals surface area contributed by atoms with Gasteiger partial charge in [0, 0.05) is 18.7 Å². The van der Waals surface area contributed by atoms with E-state index in [1.807, 2.05) is 43.3 Å². The van der Waals surface area contributed by atoms with Crippen molar-refractivity contribution >= 4 is 17.3 Å². The fourth-order valence-corrected chi connectivity index (χ4v) is 2.75. The van der Waals surface area contributed by atoms with Crippen LogP contribution in [0.2, 0.25) is 0 Å². The third kappa shape index (κ3) is 3.86. The number of para-hydroxylation sites is 2. The third-order valence-electron chi connectivity index (χ3n) is 3.91. The highest BCUT2D eigenvalue weighted by atomic mass is 16.5. The Labute approximate surface area is 142 Å². The number of benzene rings is 2. The Morgan fingerprint density at radius 3 is 2.75 bits per heavy atom. The molecule has 1 N–H and O–H groups in total. The fraction of sp³-hybridized carbons (Fsp3) is 0.316. The number of carbonyl (C=O) groups is 1. The molecule has 2 aromatic rings. The van der Waals surface area contributed by atoms with Gasteiger partial charge in [0.1, 0.15) is 5.75 Å². The van der Waals surface area contributed by atoms with Crippen LogP contribution >= 0.6 is 0 Å². The van der Waals surface area contributed by atoms with Crippen molar-refractivity contribution in [1.82, 2.24) is 0 Å². The Morgan fingerprint density at radius 1 is 1.17 bits per heavy atom. The van der Waals surface area contributed by atoms with Crippen LogP contribution < -0.4 is 15.0 Å². The lowest BCUT2D eigenvalue weighted by atomic mass is 10.1. The summed E-state index contributed by atoms with van der Waals surface area (Å²) in [4.78, 5) is 14.8. The van der Waals surface area contributed by atoms with Crippen molar-refractivity contribution in [1.29, 1.82) is 0 Å². The number of rotatable bonds is 5. The summed E-state index contributed by atoms with van der Waals surface area (Å²) in [5.74, 6) is 0.559. The normalized spacial score (nSPS) is 14.3. The molecule has 1 aliphatic rings. The van der Waals surface area contributed by atoms with Crippen LogP contribution in [-0.2, 0) is 4.74 Å². The van der Waals surface area contributed by atoms with Gasteiger partial charge in [-0.15, -0.1) is 0 Å². The largest absolute Gasteiger partial charge is 0.494 e. The molecule has 3 rings (SSSR count). The molecule has 1 fully saturated rings. The van der Waals surface area contributed by atoms with Crippen molar-refractivity contribution in [3.63, 3.8) is 0 Å². The molecular weight excluding hydrogens is 304 g/mol. The first-order valence-electron chi connectivity index (χ1n) is 8.24. The fourth-order valence-electron chi connectivity index (χ4n) is 2.75. The quantitative estimate of drug-likeness (QED) is 0.917. The smallest absolute Gasteiger partial charge is 0.255 e. The zero-order valence-corrected chi connectivity index (χ0v) is 13.8. The topological polar surface area (TPSA) is 50.8 Å². The van der Waals surface area contributed by atoms with Crippen LogP contribution in [0.25, 0.3) is 0 Å². The van der Waals surface area contributed by atoms with E-state index in [4.69, 9.17) is 9.47 Å². The molecule has 2 aromatic carbocycles. The number of morpholine rings is 1. The molecule has 1 amide bonds. The van der Waals surface area contributed by atoms with E-state index in [0.29, 0.717) is 31.1 Å². The average Bonchev–Trinajstić information content (AvgIpc) is 2.63. The van der Waals surface area contributed by atoms with E-state index in [1.165, 1.54) is 0 Å². The van der Waals surface area contributed by atoms with E-state index in [2.05, 4.69) is 10.2 Å². The lowest BCUT2D eigenvalue weighted by molar-refractivity contribution is 0.102. The molecule has 5 heteroatoms. The zero-order valence-electron chi connectivity index (χ0n) is 13.8. The highest BCUT2D eigenvalue weighted by Gasteiger charge is 2.16. The summed E-state index contributed by atoms with van der Waals surface area (Å²) in [6.45, 7) is 5.56. The van der Waals surface area contributed by atoms with E-state index < -0.39 is 0 Å². The van der Waals surface area contributed by atoms with E-state index in [0.717, 1.165) is 24.5 Å². The maximum Gasteiger partial charge on any atom is 0.255 e. The first-order valence-corrected chi connectivity index (χ1v) is 8.24. The molecule has 0 atom stereocenters. The van der Waals surface area contributed by atoms with Crippen LogP contribution in [0.15, 0.2) is 48.5 Å². The molecule has 24 heavy (non-hydrogen) atoms. The second-order valence-electron chi connectivity index (χ2n) is 5.53. The van der Waals surface area contributed by atoms with Gasteiger partial charge in [0.2, 0.25) is 0 Å². The minimum Gasteiger partial charge on any atom is -0.494 e. The molecule has 126 valence electrons. The lowest BCUT2D eigenvalue weighted by Gasteiger charge is -2.30. The minimum absolute atomic E-state index is 0.141. The third-order valence-corrected chi connectivity index (χ3v) is 3.91. The van der Waals surface area contributed by atoms with E-state index in [-0.39, 0.29) is 5.91 Å². The van der Waals surface area contributed by atoms with Gasteiger partial charge in [-0.3, -0.25) is 4.79 Å². The highest BCUT2D eigenvalue weighted by Crippen LogP contribution is 2.27. The van der Waals surface area contributed by atoms with Gasteiger partial charge in [0.15, 0.2) is 0 Å².